The van der Waals surface area contributed by atoms with Crippen molar-refractivity contribution in [3.63, 3.8) is 0 Å². The Hall–Kier alpha value is -0.930. The number of hydrogen-bond acceptors (Lipinski definition) is 3. The molecule has 0 aromatic carbocycles. The molecule has 2 N–H and O–H groups in total. The summed E-state index contributed by atoms with van der Waals surface area (Å²) >= 11 is 0. The Morgan fingerprint density at radius 2 is 2.13 bits per heavy atom. The summed E-state index contributed by atoms with van der Waals surface area (Å²) in [6.45, 7) is 8.22. The minimum atomic E-state index is 0.401. The topological polar surface area (TPSA) is 42.1 Å². The molecule has 1 aromatic rings. The van der Waals surface area contributed by atoms with Gasteiger partial charge in [0.15, 0.2) is 0 Å². The second-order valence-electron chi connectivity index (χ2n) is 3.70. The van der Waals surface area contributed by atoms with Crippen LogP contribution in [0.2, 0.25) is 0 Å². The van der Waals surface area contributed by atoms with Crippen LogP contribution in [0.3, 0.4) is 0 Å². The maximum atomic E-state index is 5.81. The molecule has 1 rings (SSSR count). The molecule has 0 bridgehead atoms. The van der Waals surface area contributed by atoms with Gasteiger partial charge in [-0.15, -0.1) is 0 Å². The summed E-state index contributed by atoms with van der Waals surface area (Å²) < 4.78 is 0. The molecule has 0 amide bonds. The Morgan fingerprint density at radius 1 is 1.40 bits per heavy atom. The summed E-state index contributed by atoms with van der Waals surface area (Å²) in [6, 6.07) is 4.08. The molecule has 0 aliphatic heterocycles. The molecular weight excluding hydrogens is 186 g/mol. The maximum absolute atomic E-state index is 5.81. The molecule has 1 atom stereocenters. The number of nitrogens with two attached hydrogens (primary N) is 1. The van der Waals surface area contributed by atoms with Crippen molar-refractivity contribution in [2.75, 3.05) is 26.2 Å². The van der Waals surface area contributed by atoms with Gasteiger partial charge in [0.25, 0.3) is 0 Å². The van der Waals surface area contributed by atoms with Crippen LogP contribution in [0, 0.1) is 0 Å². The molecule has 0 aliphatic carbocycles. The first-order chi connectivity index (χ1) is 7.31. The standard InChI is InChI=1S/C12H21N3/c1-3-15(4-2)10-12(8-13)11-6-5-7-14-9-11/h5-7,9,12H,3-4,8,10,13H2,1-2H3. The highest BCUT2D eigenvalue weighted by molar-refractivity contribution is 5.15. The summed E-state index contributed by atoms with van der Waals surface area (Å²) in [5, 5.41) is 0. The van der Waals surface area contributed by atoms with Crippen LogP contribution >= 0.6 is 0 Å². The van der Waals surface area contributed by atoms with Crippen molar-refractivity contribution in [3.05, 3.63) is 30.1 Å². The molecule has 0 spiro atoms. The molecule has 1 heterocycles. The first kappa shape index (κ1) is 12.1. The van der Waals surface area contributed by atoms with E-state index in [1.54, 1.807) is 6.20 Å². The maximum Gasteiger partial charge on any atom is 0.0303 e. The van der Waals surface area contributed by atoms with Crippen LogP contribution in [-0.2, 0) is 0 Å². The Morgan fingerprint density at radius 3 is 2.60 bits per heavy atom. The molecular formula is C12H21N3. The van der Waals surface area contributed by atoms with Gasteiger partial charge in [0.2, 0.25) is 0 Å². The zero-order valence-corrected chi connectivity index (χ0v) is 9.69. The lowest BCUT2D eigenvalue weighted by Gasteiger charge is -2.24. The van der Waals surface area contributed by atoms with E-state index in [9.17, 15) is 0 Å². The van der Waals surface area contributed by atoms with Gasteiger partial charge in [-0.05, 0) is 24.7 Å². The van der Waals surface area contributed by atoms with Crippen LogP contribution in [0.5, 0.6) is 0 Å². The van der Waals surface area contributed by atoms with E-state index in [2.05, 4.69) is 29.8 Å². The van der Waals surface area contributed by atoms with Crippen molar-refractivity contribution in [2.24, 2.45) is 5.73 Å². The smallest absolute Gasteiger partial charge is 0.0303 e. The summed E-state index contributed by atoms with van der Waals surface area (Å²) in [5.41, 5.74) is 7.05. The molecule has 3 heteroatoms. The Labute approximate surface area is 92.3 Å². The lowest BCUT2D eigenvalue weighted by atomic mass is 10.0. The monoisotopic (exact) mass is 207 g/mol. The van der Waals surface area contributed by atoms with Crippen LogP contribution in [0.4, 0.5) is 0 Å². The van der Waals surface area contributed by atoms with E-state index >= 15 is 0 Å². The van der Waals surface area contributed by atoms with Gasteiger partial charge in [0.1, 0.15) is 0 Å². The van der Waals surface area contributed by atoms with Gasteiger partial charge in [0.05, 0.1) is 0 Å². The van der Waals surface area contributed by atoms with Crippen LogP contribution in [-0.4, -0.2) is 36.1 Å². The third-order valence-electron chi connectivity index (χ3n) is 2.81. The summed E-state index contributed by atoms with van der Waals surface area (Å²) in [6.07, 6.45) is 3.72. The predicted octanol–water partition coefficient (Wildman–Crippen LogP) is 1.47. The van der Waals surface area contributed by atoms with Crippen LogP contribution in [0.25, 0.3) is 0 Å². The van der Waals surface area contributed by atoms with Crippen molar-refractivity contribution in [2.45, 2.75) is 19.8 Å². The van der Waals surface area contributed by atoms with Crippen molar-refractivity contribution in [3.8, 4) is 0 Å². The third kappa shape index (κ3) is 3.61. The van der Waals surface area contributed by atoms with Gasteiger partial charge < -0.3 is 10.6 Å². The first-order valence-electron chi connectivity index (χ1n) is 5.64. The molecule has 1 unspecified atom stereocenters. The van der Waals surface area contributed by atoms with Crippen LogP contribution < -0.4 is 5.73 Å². The normalized spacial score (nSPS) is 13.1. The molecule has 0 radical (unpaired) electrons. The SMILES string of the molecule is CCN(CC)CC(CN)c1cccnc1. The largest absolute Gasteiger partial charge is 0.330 e. The number of hydrogen-bond donors (Lipinski definition) is 1. The van der Waals surface area contributed by atoms with E-state index in [0.29, 0.717) is 12.5 Å². The molecule has 1 aromatic heterocycles. The summed E-state index contributed by atoms with van der Waals surface area (Å²) in [7, 11) is 0. The average molecular weight is 207 g/mol. The van der Waals surface area contributed by atoms with E-state index in [-0.39, 0.29) is 0 Å². The van der Waals surface area contributed by atoms with Crippen molar-refractivity contribution < 1.29 is 0 Å². The van der Waals surface area contributed by atoms with Crippen molar-refractivity contribution >= 4 is 0 Å². The predicted molar refractivity (Wildman–Crippen MR) is 63.8 cm³/mol. The lowest BCUT2D eigenvalue weighted by molar-refractivity contribution is 0.284. The van der Waals surface area contributed by atoms with Gasteiger partial charge >= 0.3 is 0 Å². The molecule has 0 saturated heterocycles. The highest BCUT2D eigenvalue weighted by atomic mass is 15.1. The van der Waals surface area contributed by atoms with E-state index in [1.165, 1.54) is 5.56 Å². The fourth-order valence-corrected chi connectivity index (χ4v) is 1.73. The van der Waals surface area contributed by atoms with Gasteiger partial charge in [-0.2, -0.15) is 0 Å². The molecule has 3 nitrogen and oxygen atoms in total. The van der Waals surface area contributed by atoms with Crippen LogP contribution in [0.1, 0.15) is 25.3 Å². The fraction of sp³-hybridized carbons (Fsp3) is 0.583. The lowest BCUT2D eigenvalue weighted by Crippen LogP contribution is -2.31. The fourth-order valence-electron chi connectivity index (χ4n) is 1.73. The molecule has 15 heavy (non-hydrogen) atoms. The minimum absolute atomic E-state index is 0.401. The third-order valence-corrected chi connectivity index (χ3v) is 2.81. The Bertz CT molecular complexity index is 257. The van der Waals surface area contributed by atoms with E-state index in [1.807, 2.05) is 12.3 Å². The summed E-state index contributed by atoms with van der Waals surface area (Å²) in [5.74, 6) is 0.401. The Kier molecular flexibility index (Phi) is 5.29. The number of nitrogens with zero attached hydrogens (tertiary/aromatic N) is 2. The van der Waals surface area contributed by atoms with Gasteiger partial charge in [-0.1, -0.05) is 19.9 Å². The molecule has 0 fully saturated rings. The van der Waals surface area contributed by atoms with E-state index < -0.39 is 0 Å². The average Bonchev–Trinajstić information content (AvgIpc) is 2.32. The molecule has 0 saturated carbocycles. The van der Waals surface area contributed by atoms with Gasteiger partial charge in [-0.25, -0.2) is 0 Å². The number of pyridine rings is 1. The number of likely N-dealkylation sites (N-methyl/N-ethyl adjacent to an activating group) is 1. The minimum Gasteiger partial charge on any atom is -0.330 e. The molecule has 84 valence electrons. The van der Waals surface area contributed by atoms with Crippen molar-refractivity contribution in [1.29, 1.82) is 0 Å². The van der Waals surface area contributed by atoms with Gasteiger partial charge in [-0.3, -0.25) is 4.98 Å². The first-order valence-corrected chi connectivity index (χ1v) is 5.64. The highest BCUT2D eigenvalue weighted by Crippen LogP contribution is 2.14. The van der Waals surface area contributed by atoms with Gasteiger partial charge in [0, 0.05) is 31.4 Å². The number of rotatable bonds is 6. The Balaban J connectivity index is 2.64. The highest BCUT2D eigenvalue weighted by Gasteiger charge is 2.12. The van der Waals surface area contributed by atoms with E-state index in [4.69, 9.17) is 5.73 Å². The quantitative estimate of drug-likeness (QED) is 0.768. The van der Waals surface area contributed by atoms with Crippen molar-refractivity contribution in [1.82, 2.24) is 9.88 Å². The second-order valence-corrected chi connectivity index (χ2v) is 3.70. The number of aromatic nitrogens is 1. The zero-order valence-electron chi connectivity index (χ0n) is 9.69. The zero-order chi connectivity index (χ0) is 11.1. The van der Waals surface area contributed by atoms with E-state index in [0.717, 1.165) is 19.6 Å². The second kappa shape index (κ2) is 6.53. The molecule has 0 aliphatic rings. The van der Waals surface area contributed by atoms with Crippen LogP contribution in [0.15, 0.2) is 24.5 Å². The summed E-state index contributed by atoms with van der Waals surface area (Å²) in [4.78, 5) is 6.53.